The van der Waals surface area contributed by atoms with E-state index in [2.05, 4.69) is 50.4 Å². The number of carbonyl (C=O) groups is 1. The number of benzene rings is 2. The molecule has 4 nitrogen and oxygen atoms in total. The van der Waals surface area contributed by atoms with Crippen molar-refractivity contribution in [3.8, 4) is 11.5 Å². The average Bonchev–Trinajstić information content (AvgIpc) is 2.65. The molecule has 1 atom stereocenters. The van der Waals surface area contributed by atoms with Gasteiger partial charge in [-0.3, -0.25) is 4.79 Å². The summed E-state index contributed by atoms with van der Waals surface area (Å²) >= 11 is 0. The molecule has 27 heavy (non-hydrogen) atoms. The lowest BCUT2D eigenvalue weighted by molar-refractivity contribution is -0.121. The van der Waals surface area contributed by atoms with Crippen LogP contribution >= 0.6 is 0 Å². The number of amides is 1. The Morgan fingerprint density at radius 1 is 1.00 bits per heavy atom. The normalized spacial score (nSPS) is 12.4. The summed E-state index contributed by atoms with van der Waals surface area (Å²) in [6.07, 6.45) is 1.20. The molecule has 0 aromatic heterocycles. The Morgan fingerprint density at radius 3 is 2.19 bits per heavy atom. The molecule has 0 saturated heterocycles. The molecule has 146 valence electrons. The minimum atomic E-state index is -0.0967. The van der Waals surface area contributed by atoms with E-state index in [0.717, 1.165) is 12.0 Å². The van der Waals surface area contributed by atoms with Crippen molar-refractivity contribution in [2.75, 3.05) is 14.2 Å². The van der Waals surface area contributed by atoms with Crippen LogP contribution in [0.5, 0.6) is 11.5 Å². The Labute approximate surface area is 162 Å². The van der Waals surface area contributed by atoms with Gasteiger partial charge in [-0.15, -0.1) is 0 Å². The first-order valence-corrected chi connectivity index (χ1v) is 9.35. The van der Waals surface area contributed by atoms with Crippen LogP contribution in [0.15, 0.2) is 42.5 Å². The van der Waals surface area contributed by atoms with Gasteiger partial charge in [0.25, 0.3) is 0 Å². The predicted octanol–water partition coefficient (Wildman–Crippen LogP) is 4.81. The second-order valence-corrected chi connectivity index (χ2v) is 7.85. The number of aryl methyl sites for hydroxylation is 1. The van der Waals surface area contributed by atoms with Crippen LogP contribution in [0.25, 0.3) is 0 Å². The van der Waals surface area contributed by atoms with Crippen molar-refractivity contribution in [2.45, 2.75) is 52.0 Å². The molecular weight excluding hydrogens is 338 g/mol. The molecular formula is C23H31NO3. The monoisotopic (exact) mass is 369 g/mol. The smallest absolute Gasteiger partial charge is 0.220 e. The van der Waals surface area contributed by atoms with E-state index in [0.29, 0.717) is 17.9 Å². The van der Waals surface area contributed by atoms with Gasteiger partial charge in [0.05, 0.1) is 20.3 Å². The van der Waals surface area contributed by atoms with Crippen LogP contribution in [0, 0.1) is 0 Å². The van der Waals surface area contributed by atoms with E-state index in [-0.39, 0.29) is 17.4 Å². The zero-order valence-electron chi connectivity index (χ0n) is 17.3. The van der Waals surface area contributed by atoms with Crippen molar-refractivity contribution >= 4 is 5.91 Å². The number of methoxy groups -OCH3 is 2. The van der Waals surface area contributed by atoms with E-state index in [1.165, 1.54) is 11.1 Å². The highest BCUT2D eigenvalue weighted by Gasteiger charge is 2.14. The van der Waals surface area contributed by atoms with Gasteiger partial charge in [0.2, 0.25) is 5.91 Å². The highest BCUT2D eigenvalue weighted by molar-refractivity contribution is 5.76. The predicted molar refractivity (Wildman–Crippen MR) is 110 cm³/mol. The molecule has 0 aliphatic heterocycles. The van der Waals surface area contributed by atoms with Gasteiger partial charge in [0.1, 0.15) is 0 Å². The van der Waals surface area contributed by atoms with Gasteiger partial charge in [0.15, 0.2) is 11.5 Å². The van der Waals surface area contributed by atoms with Crippen LogP contribution < -0.4 is 14.8 Å². The van der Waals surface area contributed by atoms with Crippen LogP contribution in [-0.4, -0.2) is 20.1 Å². The standard InChI is InChI=1S/C23H31NO3/c1-16(18-10-13-20(26-5)21(15-18)27-6)24-22(25)14-9-17-7-11-19(12-8-17)23(2,3)4/h7-8,10-13,15-16H,9,14H2,1-6H3,(H,24,25). The van der Waals surface area contributed by atoms with E-state index in [1.54, 1.807) is 14.2 Å². The summed E-state index contributed by atoms with van der Waals surface area (Å²) < 4.78 is 10.6. The fraction of sp³-hybridized carbons (Fsp3) is 0.435. The molecule has 1 N–H and O–H groups in total. The summed E-state index contributed by atoms with van der Waals surface area (Å²) in [6, 6.07) is 14.1. The summed E-state index contributed by atoms with van der Waals surface area (Å²) in [4.78, 5) is 12.3. The lowest BCUT2D eigenvalue weighted by Crippen LogP contribution is -2.26. The number of hydrogen-bond donors (Lipinski definition) is 1. The SMILES string of the molecule is COc1ccc(C(C)NC(=O)CCc2ccc(C(C)(C)C)cc2)cc1OC. The summed E-state index contributed by atoms with van der Waals surface area (Å²) in [5.41, 5.74) is 3.61. The van der Waals surface area contributed by atoms with Gasteiger partial charge in [-0.05, 0) is 47.6 Å². The van der Waals surface area contributed by atoms with Crippen LogP contribution in [0.4, 0.5) is 0 Å². The first-order chi connectivity index (χ1) is 12.7. The second-order valence-electron chi connectivity index (χ2n) is 7.85. The molecule has 0 heterocycles. The van der Waals surface area contributed by atoms with Crippen LogP contribution in [0.1, 0.15) is 56.8 Å². The zero-order chi connectivity index (χ0) is 20.0. The second kappa shape index (κ2) is 8.94. The van der Waals surface area contributed by atoms with E-state index in [9.17, 15) is 4.79 Å². The lowest BCUT2D eigenvalue weighted by Gasteiger charge is -2.19. The Balaban J connectivity index is 1.91. The Kier molecular flexibility index (Phi) is 6.89. The number of hydrogen-bond acceptors (Lipinski definition) is 3. The average molecular weight is 370 g/mol. The van der Waals surface area contributed by atoms with Crippen molar-refractivity contribution in [1.29, 1.82) is 0 Å². The summed E-state index contributed by atoms with van der Waals surface area (Å²) in [5.74, 6) is 1.38. The molecule has 0 radical (unpaired) electrons. The zero-order valence-corrected chi connectivity index (χ0v) is 17.3. The molecule has 0 aliphatic carbocycles. The van der Waals surface area contributed by atoms with Crippen LogP contribution in [0.2, 0.25) is 0 Å². The molecule has 1 unspecified atom stereocenters. The Hall–Kier alpha value is -2.49. The molecule has 1 amide bonds. The molecule has 0 bridgehead atoms. The highest BCUT2D eigenvalue weighted by Crippen LogP contribution is 2.30. The maximum absolute atomic E-state index is 12.3. The molecule has 2 aromatic rings. The largest absolute Gasteiger partial charge is 0.493 e. The van der Waals surface area contributed by atoms with Crippen LogP contribution in [-0.2, 0) is 16.6 Å². The third kappa shape index (κ3) is 5.75. The summed E-state index contributed by atoms with van der Waals surface area (Å²) in [6.45, 7) is 8.57. The Bertz CT molecular complexity index is 760. The first-order valence-electron chi connectivity index (χ1n) is 9.35. The van der Waals surface area contributed by atoms with Gasteiger partial charge in [-0.25, -0.2) is 0 Å². The molecule has 0 aliphatic rings. The molecule has 2 aromatic carbocycles. The van der Waals surface area contributed by atoms with Crippen molar-refractivity contribution in [1.82, 2.24) is 5.32 Å². The summed E-state index contributed by atoms with van der Waals surface area (Å²) in [7, 11) is 3.21. The van der Waals surface area contributed by atoms with Gasteiger partial charge in [-0.1, -0.05) is 51.1 Å². The molecule has 0 fully saturated rings. The van der Waals surface area contributed by atoms with E-state index < -0.39 is 0 Å². The first kappa shape index (κ1) is 20.8. The Morgan fingerprint density at radius 2 is 1.63 bits per heavy atom. The fourth-order valence-corrected chi connectivity index (χ4v) is 2.95. The summed E-state index contributed by atoms with van der Waals surface area (Å²) in [5, 5.41) is 3.06. The van der Waals surface area contributed by atoms with Crippen molar-refractivity contribution in [3.63, 3.8) is 0 Å². The van der Waals surface area contributed by atoms with Crippen molar-refractivity contribution in [3.05, 3.63) is 59.2 Å². The molecule has 2 rings (SSSR count). The third-order valence-electron chi connectivity index (χ3n) is 4.75. The van der Waals surface area contributed by atoms with Gasteiger partial charge in [0, 0.05) is 6.42 Å². The topological polar surface area (TPSA) is 47.6 Å². The molecule has 0 saturated carbocycles. The highest BCUT2D eigenvalue weighted by atomic mass is 16.5. The van der Waals surface area contributed by atoms with E-state index in [4.69, 9.17) is 9.47 Å². The van der Waals surface area contributed by atoms with E-state index in [1.807, 2.05) is 25.1 Å². The number of carbonyl (C=O) groups excluding carboxylic acids is 1. The number of ether oxygens (including phenoxy) is 2. The molecule has 0 spiro atoms. The lowest BCUT2D eigenvalue weighted by atomic mass is 9.86. The van der Waals surface area contributed by atoms with Gasteiger partial charge >= 0.3 is 0 Å². The maximum atomic E-state index is 12.3. The van der Waals surface area contributed by atoms with Gasteiger partial charge in [-0.2, -0.15) is 0 Å². The fourth-order valence-electron chi connectivity index (χ4n) is 2.95. The quantitative estimate of drug-likeness (QED) is 0.762. The minimum Gasteiger partial charge on any atom is -0.493 e. The third-order valence-corrected chi connectivity index (χ3v) is 4.75. The number of nitrogens with one attached hydrogen (secondary N) is 1. The van der Waals surface area contributed by atoms with Crippen molar-refractivity contribution in [2.24, 2.45) is 0 Å². The van der Waals surface area contributed by atoms with Gasteiger partial charge < -0.3 is 14.8 Å². The number of rotatable bonds is 7. The maximum Gasteiger partial charge on any atom is 0.220 e. The minimum absolute atomic E-state index is 0.0391. The van der Waals surface area contributed by atoms with Crippen LogP contribution in [0.3, 0.4) is 0 Å². The van der Waals surface area contributed by atoms with Crippen molar-refractivity contribution < 1.29 is 14.3 Å². The molecule has 4 heteroatoms. The van der Waals surface area contributed by atoms with E-state index >= 15 is 0 Å².